The number of nitrogens with zero attached hydrogens (tertiary/aromatic N) is 1. The minimum atomic E-state index is 0.473. The summed E-state index contributed by atoms with van der Waals surface area (Å²) in [5.74, 6) is 0.473. The van der Waals surface area contributed by atoms with Crippen LogP contribution in [0.15, 0.2) is 48.1 Å². The Morgan fingerprint density at radius 2 is 2.19 bits per heavy atom. The number of hydrogen-bond acceptors (Lipinski definition) is 2. The summed E-state index contributed by atoms with van der Waals surface area (Å²) < 4.78 is 1.29. The van der Waals surface area contributed by atoms with Gasteiger partial charge < -0.3 is 0 Å². The average Bonchev–Trinajstić information content (AvgIpc) is 2.73. The van der Waals surface area contributed by atoms with E-state index in [0.717, 1.165) is 11.9 Å². The van der Waals surface area contributed by atoms with Crippen LogP contribution in [-0.2, 0) is 0 Å². The zero-order valence-electron chi connectivity index (χ0n) is 9.18. The summed E-state index contributed by atoms with van der Waals surface area (Å²) in [4.78, 5) is 4.70. The Bertz CT molecular complexity index is 544. The van der Waals surface area contributed by atoms with Gasteiger partial charge in [0.1, 0.15) is 5.01 Å². The maximum absolute atomic E-state index is 4.70. The van der Waals surface area contributed by atoms with E-state index >= 15 is 0 Å². The average molecular weight is 227 g/mol. The van der Waals surface area contributed by atoms with Crippen molar-refractivity contribution in [3.8, 4) is 0 Å². The summed E-state index contributed by atoms with van der Waals surface area (Å²) in [5.41, 5.74) is 2.49. The molecule has 1 nitrogen and oxygen atoms in total. The largest absolute Gasteiger partial charge is 0.241 e. The van der Waals surface area contributed by atoms with Gasteiger partial charge in [-0.2, -0.15) is 0 Å². The fraction of sp³-hybridized carbons (Fsp3) is 0.214. The molecule has 1 aromatic carbocycles. The maximum Gasteiger partial charge on any atom is 0.101 e. The normalized spacial score (nSPS) is 20.1. The van der Waals surface area contributed by atoms with E-state index in [1.807, 2.05) is 17.4 Å². The molecule has 0 radical (unpaired) electrons. The van der Waals surface area contributed by atoms with Crippen LogP contribution in [0.3, 0.4) is 0 Å². The first-order valence-corrected chi connectivity index (χ1v) is 6.35. The molecule has 0 aliphatic heterocycles. The number of benzene rings is 1. The van der Waals surface area contributed by atoms with Gasteiger partial charge in [-0.05, 0) is 25.5 Å². The van der Waals surface area contributed by atoms with Crippen LogP contribution >= 0.6 is 11.3 Å². The quantitative estimate of drug-likeness (QED) is 0.708. The molecule has 0 saturated heterocycles. The number of fused-ring (bicyclic) bond motifs is 1. The Labute approximate surface area is 99.1 Å². The molecule has 1 unspecified atom stereocenters. The number of aromatic nitrogens is 1. The third kappa shape index (κ3) is 1.69. The highest BCUT2D eigenvalue weighted by Crippen LogP contribution is 2.32. The molecular formula is C14H13NS. The van der Waals surface area contributed by atoms with Crippen molar-refractivity contribution in [3.05, 3.63) is 53.1 Å². The molecule has 0 saturated carbocycles. The van der Waals surface area contributed by atoms with Crippen molar-refractivity contribution >= 4 is 21.6 Å². The lowest BCUT2D eigenvalue weighted by molar-refractivity contribution is 0.837. The van der Waals surface area contributed by atoms with E-state index in [-0.39, 0.29) is 0 Å². The molecule has 0 bridgehead atoms. The van der Waals surface area contributed by atoms with Crippen LogP contribution in [0.25, 0.3) is 10.2 Å². The van der Waals surface area contributed by atoms with Gasteiger partial charge in [0.05, 0.1) is 10.2 Å². The van der Waals surface area contributed by atoms with Crippen LogP contribution in [-0.4, -0.2) is 4.98 Å². The predicted molar refractivity (Wildman–Crippen MR) is 69.9 cm³/mol. The van der Waals surface area contributed by atoms with Gasteiger partial charge in [0, 0.05) is 5.92 Å². The Balaban J connectivity index is 1.98. The van der Waals surface area contributed by atoms with Gasteiger partial charge >= 0.3 is 0 Å². The lowest BCUT2D eigenvalue weighted by Crippen LogP contribution is -1.96. The molecular weight excluding hydrogens is 214 g/mol. The minimum Gasteiger partial charge on any atom is -0.241 e. The van der Waals surface area contributed by atoms with E-state index in [2.05, 4.69) is 43.4 Å². The van der Waals surface area contributed by atoms with Crippen LogP contribution < -0.4 is 0 Å². The van der Waals surface area contributed by atoms with Crippen molar-refractivity contribution < 1.29 is 0 Å². The number of hydrogen-bond donors (Lipinski definition) is 0. The number of thiazole rings is 1. The Hall–Kier alpha value is -1.41. The summed E-state index contributed by atoms with van der Waals surface area (Å²) in [6, 6.07) is 8.35. The standard InChI is InChI=1S/C14H13NS/c1-10-6-8-11(9-7-10)14-15-12-4-2-3-5-13(12)16-14/h2-8,11H,9H2,1H3. The SMILES string of the molecule is CC1=CCC(c2nc3ccccc3s2)C=C1. The first-order valence-electron chi connectivity index (χ1n) is 5.53. The van der Waals surface area contributed by atoms with Crippen LogP contribution in [0.2, 0.25) is 0 Å². The van der Waals surface area contributed by atoms with Crippen LogP contribution in [0.4, 0.5) is 0 Å². The second-order valence-electron chi connectivity index (χ2n) is 4.17. The van der Waals surface area contributed by atoms with Crippen molar-refractivity contribution in [2.45, 2.75) is 19.3 Å². The fourth-order valence-electron chi connectivity index (χ4n) is 1.96. The smallest absolute Gasteiger partial charge is 0.101 e. The number of allylic oxidation sites excluding steroid dienone is 4. The molecule has 0 spiro atoms. The lowest BCUT2D eigenvalue weighted by atomic mass is 9.98. The summed E-state index contributed by atoms with van der Waals surface area (Å²) >= 11 is 1.81. The molecule has 0 fully saturated rings. The topological polar surface area (TPSA) is 12.9 Å². The lowest BCUT2D eigenvalue weighted by Gasteiger charge is -2.11. The highest BCUT2D eigenvalue weighted by Gasteiger charge is 2.14. The van der Waals surface area contributed by atoms with Crippen LogP contribution in [0.1, 0.15) is 24.3 Å². The van der Waals surface area contributed by atoms with E-state index in [1.54, 1.807) is 0 Å². The summed E-state index contributed by atoms with van der Waals surface area (Å²) in [6.07, 6.45) is 7.84. The summed E-state index contributed by atoms with van der Waals surface area (Å²) in [6.45, 7) is 2.14. The molecule has 1 atom stereocenters. The van der Waals surface area contributed by atoms with E-state index in [9.17, 15) is 0 Å². The molecule has 3 rings (SSSR count). The summed E-state index contributed by atoms with van der Waals surface area (Å²) in [7, 11) is 0. The molecule has 1 aliphatic carbocycles. The Kier molecular flexibility index (Phi) is 2.37. The molecule has 0 N–H and O–H groups in total. The minimum absolute atomic E-state index is 0.473. The van der Waals surface area contributed by atoms with Crippen molar-refractivity contribution in [2.75, 3.05) is 0 Å². The van der Waals surface area contributed by atoms with E-state index in [0.29, 0.717) is 5.92 Å². The Morgan fingerprint density at radius 1 is 1.31 bits per heavy atom. The highest BCUT2D eigenvalue weighted by atomic mass is 32.1. The summed E-state index contributed by atoms with van der Waals surface area (Å²) in [5, 5.41) is 1.24. The van der Waals surface area contributed by atoms with Gasteiger partial charge in [-0.3, -0.25) is 0 Å². The molecule has 1 aliphatic rings. The van der Waals surface area contributed by atoms with Gasteiger partial charge in [0.2, 0.25) is 0 Å². The van der Waals surface area contributed by atoms with Gasteiger partial charge in [-0.15, -0.1) is 11.3 Å². The van der Waals surface area contributed by atoms with Crippen molar-refractivity contribution in [1.29, 1.82) is 0 Å². The van der Waals surface area contributed by atoms with Gasteiger partial charge in [0.15, 0.2) is 0 Å². The van der Waals surface area contributed by atoms with Crippen molar-refractivity contribution in [3.63, 3.8) is 0 Å². The molecule has 0 amide bonds. The van der Waals surface area contributed by atoms with E-state index in [1.165, 1.54) is 15.3 Å². The predicted octanol–water partition coefficient (Wildman–Crippen LogP) is 4.29. The molecule has 16 heavy (non-hydrogen) atoms. The van der Waals surface area contributed by atoms with Gasteiger partial charge in [0.25, 0.3) is 0 Å². The molecule has 1 heterocycles. The maximum atomic E-state index is 4.70. The second kappa shape index (κ2) is 3.87. The number of rotatable bonds is 1. The molecule has 80 valence electrons. The van der Waals surface area contributed by atoms with E-state index in [4.69, 9.17) is 4.98 Å². The zero-order valence-corrected chi connectivity index (χ0v) is 10.00. The number of para-hydroxylation sites is 1. The molecule has 2 heteroatoms. The second-order valence-corrected chi connectivity index (χ2v) is 5.23. The van der Waals surface area contributed by atoms with Crippen molar-refractivity contribution in [1.82, 2.24) is 4.98 Å². The monoisotopic (exact) mass is 227 g/mol. The third-order valence-electron chi connectivity index (χ3n) is 2.91. The third-order valence-corrected chi connectivity index (χ3v) is 4.08. The van der Waals surface area contributed by atoms with E-state index < -0.39 is 0 Å². The molecule has 1 aromatic heterocycles. The van der Waals surface area contributed by atoms with Gasteiger partial charge in [-0.25, -0.2) is 4.98 Å². The zero-order chi connectivity index (χ0) is 11.0. The van der Waals surface area contributed by atoms with Crippen LogP contribution in [0.5, 0.6) is 0 Å². The van der Waals surface area contributed by atoms with Crippen LogP contribution in [0, 0.1) is 0 Å². The highest BCUT2D eigenvalue weighted by molar-refractivity contribution is 7.18. The molecule has 2 aromatic rings. The Morgan fingerprint density at radius 3 is 2.94 bits per heavy atom. The van der Waals surface area contributed by atoms with Gasteiger partial charge in [-0.1, -0.05) is 35.9 Å². The van der Waals surface area contributed by atoms with Crippen molar-refractivity contribution in [2.24, 2.45) is 0 Å². The first kappa shape index (κ1) is 9.79. The fourth-order valence-corrected chi connectivity index (χ4v) is 3.02. The first-order chi connectivity index (χ1) is 7.83.